The SMILES string of the molecule is CCN1c2ccc(/C=C(\C#N)C(=O)Nc3cccc(Br)c3)cc2C(C)CC1(C)C. The van der Waals surface area contributed by atoms with Gasteiger partial charge in [0.15, 0.2) is 0 Å². The first-order valence-electron chi connectivity index (χ1n) is 9.85. The van der Waals surface area contributed by atoms with Crippen LogP contribution in [0.5, 0.6) is 0 Å². The normalized spacial score (nSPS) is 18.0. The minimum atomic E-state index is -0.410. The van der Waals surface area contributed by atoms with Gasteiger partial charge in [-0.2, -0.15) is 5.26 Å². The third kappa shape index (κ3) is 4.54. The Labute approximate surface area is 181 Å². The summed E-state index contributed by atoms with van der Waals surface area (Å²) >= 11 is 3.38. The van der Waals surface area contributed by atoms with Crippen LogP contribution in [0, 0.1) is 11.3 Å². The van der Waals surface area contributed by atoms with Crippen molar-refractivity contribution in [3.63, 3.8) is 0 Å². The van der Waals surface area contributed by atoms with Gasteiger partial charge >= 0.3 is 0 Å². The number of anilines is 2. The van der Waals surface area contributed by atoms with Crippen LogP contribution < -0.4 is 10.2 Å². The Morgan fingerprint density at radius 2 is 2.10 bits per heavy atom. The Bertz CT molecular complexity index is 1000. The molecule has 2 aromatic carbocycles. The quantitative estimate of drug-likeness (QED) is 0.450. The highest BCUT2D eigenvalue weighted by molar-refractivity contribution is 9.10. The van der Waals surface area contributed by atoms with E-state index in [4.69, 9.17) is 0 Å². The number of benzene rings is 2. The molecule has 0 radical (unpaired) electrons. The molecule has 0 spiro atoms. The summed E-state index contributed by atoms with van der Waals surface area (Å²) in [7, 11) is 0. The number of carbonyl (C=O) groups is 1. The first kappa shape index (κ1) is 21.1. The Morgan fingerprint density at radius 1 is 1.34 bits per heavy atom. The van der Waals surface area contributed by atoms with Gasteiger partial charge in [0.25, 0.3) is 5.91 Å². The van der Waals surface area contributed by atoms with E-state index in [1.54, 1.807) is 18.2 Å². The number of hydrogen-bond donors (Lipinski definition) is 1. The van der Waals surface area contributed by atoms with Crippen molar-refractivity contribution in [1.29, 1.82) is 5.26 Å². The zero-order valence-electron chi connectivity index (χ0n) is 17.3. The molecule has 150 valence electrons. The highest BCUT2D eigenvalue weighted by Gasteiger charge is 2.35. The second-order valence-electron chi connectivity index (χ2n) is 8.11. The van der Waals surface area contributed by atoms with Crippen molar-refractivity contribution in [3.05, 3.63) is 63.6 Å². The molecule has 1 atom stereocenters. The van der Waals surface area contributed by atoms with E-state index >= 15 is 0 Å². The third-order valence-electron chi connectivity index (χ3n) is 5.48. The van der Waals surface area contributed by atoms with Gasteiger partial charge in [0, 0.05) is 27.9 Å². The maximum atomic E-state index is 12.6. The maximum absolute atomic E-state index is 12.6. The number of nitrogens with one attached hydrogen (secondary N) is 1. The van der Waals surface area contributed by atoms with Crippen LogP contribution in [0.3, 0.4) is 0 Å². The number of fused-ring (bicyclic) bond motifs is 1. The molecule has 1 unspecified atom stereocenters. The molecule has 0 saturated heterocycles. The molecule has 2 aromatic rings. The summed E-state index contributed by atoms with van der Waals surface area (Å²) in [4.78, 5) is 15.0. The van der Waals surface area contributed by atoms with E-state index in [0.29, 0.717) is 11.6 Å². The van der Waals surface area contributed by atoms with Gasteiger partial charge in [-0.25, -0.2) is 0 Å². The Morgan fingerprint density at radius 3 is 2.76 bits per heavy atom. The largest absolute Gasteiger partial charge is 0.366 e. The first-order valence-corrected chi connectivity index (χ1v) is 10.6. The molecule has 4 nitrogen and oxygen atoms in total. The molecule has 0 aliphatic carbocycles. The number of amides is 1. The summed E-state index contributed by atoms with van der Waals surface area (Å²) in [6.45, 7) is 9.93. The van der Waals surface area contributed by atoms with Gasteiger partial charge in [-0.1, -0.05) is 35.0 Å². The molecule has 1 heterocycles. The lowest BCUT2D eigenvalue weighted by atomic mass is 9.79. The molecule has 0 saturated carbocycles. The molecule has 5 heteroatoms. The van der Waals surface area contributed by atoms with Gasteiger partial charge in [0.1, 0.15) is 11.6 Å². The van der Waals surface area contributed by atoms with Crippen LogP contribution in [0.1, 0.15) is 51.2 Å². The van der Waals surface area contributed by atoms with Crippen LogP contribution in [0.15, 0.2) is 52.5 Å². The molecule has 0 aromatic heterocycles. The van der Waals surface area contributed by atoms with E-state index < -0.39 is 5.91 Å². The Hall–Kier alpha value is -2.58. The second-order valence-corrected chi connectivity index (χ2v) is 9.03. The van der Waals surface area contributed by atoms with Crippen molar-refractivity contribution in [3.8, 4) is 6.07 Å². The number of nitriles is 1. The second kappa shape index (κ2) is 8.42. The monoisotopic (exact) mass is 451 g/mol. The highest BCUT2D eigenvalue weighted by Crippen LogP contribution is 2.43. The summed E-state index contributed by atoms with van der Waals surface area (Å²) in [6.07, 6.45) is 2.73. The van der Waals surface area contributed by atoms with Crippen LogP contribution in [0.4, 0.5) is 11.4 Å². The lowest BCUT2D eigenvalue weighted by Gasteiger charge is -2.47. The highest BCUT2D eigenvalue weighted by atomic mass is 79.9. The smallest absolute Gasteiger partial charge is 0.266 e. The molecule has 1 aliphatic heterocycles. The van der Waals surface area contributed by atoms with Crippen LogP contribution in [0.2, 0.25) is 0 Å². The lowest BCUT2D eigenvalue weighted by Crippen LogP contribution is -2.48. The maximum Gasteiger partial charge on any atom is 0.266 e. The predicted octanol–water partition coefficient (Wildman–Crippen LogP) is 6.11. The van der Waals surface area contributed by atoms with Crippen molar-refractivity contribution in [2.45, 2.75) is 45.6 Å². The van der Waals surface area contributed by atoms with E-state index in [0.717, 1.165) is 23.0 Å². The molecular weight excluding hydrogens is 426 g/mol. The summed E-state index contributed by atoms with van der Waals surface area (Å²) in [5, 5.41) is 12.3. The summed E-state index contributed by atoms with van der Waals surface area (Å²) < 4.78 is 0.866. The van der Waals surface area contributed by atoms with Gasteiger partial charge in [0.05, 0.1) is 0 Å². The van der Waals surface area contributed by atoms with Crippen molar-refractivity contribution in [1.82, 2.24) is 0 Å². The standard InChI is InChI=1S/C24H26BrN3O/c1-5-28-22-10-9-17(12-21(22)16(2)14-24(28,3)4)11-18(15-26)23(29)27-20-8-6-7-19(25)13-20/h6-13,16H,5,14H2,1-4H3,(H,27,29)/b18-11+. The zero-order valence-corrected chi connectivity index (χ0v) is 18.9. The lowest BCUT2D eigenvalue weighted by molar-refractivity contribution is -0.112. The number of hydrogen-bond acceptors (Lipinski definition) is 3. The average molecular weight is 452 g/mol. The van der Waals surface area contributed by atoms with Crippen LogP contribution >= 0.6 is 15.9 Å². The van der Waals surface area contributed by atoms with E-state index in [1.807, 2.05) is 24.3 Å². The summed E-state index contributed by atoms with van der Waals surface area (Å²) in [5.41, 5.74) is 4.22. The van der Waals surface area contributed by atoms with Gasteiger partial charge in [0.2, 0.25) is 0 Å². The van der Waals surface area contributed by atoms with Gasteiger partial charge < -0.3 is 10.2 Å². The van der Waals surface area contributed by atoms with Crippen LogP contribution in [0.25, 0.3) is 6.08 Å². The topological polar surface area (TPSA) is 56.1 Å². The van der Waals surface area contributed by atoms with Crippen molar-refractivity contribution in [2.24, 2.45) is 0 Å². The Balaban J connectivity index is 1.90. The molecular formula is C24H26BrN3O. The summed E-state index contributed by atoms with van der Waals surface area (Å²) in [6, 6.07) is 15.6. The molecule has 1 N–H and O–H groups in total. The average Bonchev–Trinajstić information content (AvgIpc) is 2.66. The fourth-order valence-electron chi connectivity index (χ4n) is 4.28. The van der Waals surface area contributed by atoms with Gasteiger partial charge in [-0.05, 0) is 80.6 Å². The fourth-order valence-corrected chi connectivity index (χ4v) is 4.68. The molecule has 1 aliphatic rings. The van der Waals surface area contributed by atoms with E-state index in [-0.39, 0.29) is 11.1 Å². The predicted molar refractivity (Wildman–Crippen MR) is 123 cm³/mol. The van der Waals surface area contributed by atoms with Crippen LogP contribution in [-0.2, 0) is 4.79 Å². The summed E-state index contributed by atoms with van der Waals surface area (Å²) in [5.74, 6) is 0.00451. The molecule has 0 bridgehead atoms. The molecule has 1 amide bonds. The van der Waals surface area contributed by atoms with E-state index in [1.165, 1.54) is 11.3 Å². The molecule has 3 rings (SSSR count). The Kier molecular flexibility index (Phi) is 6.14. The van der Waals surface area contributed by atoms with Crippen molar-refractivity contribution >= 4 is 39.3 Å². The zero-order chi connectivity index (χ0) is 21.2. The first-order chi connectivity index (χ1) is 13.7. The van der Waals surface area contributed by atoms with Crippen molar-refractivity contribution in [2.75, 3.05) is 16.8 Å². The third-order valence-corrected chi connectivity index (χ3v) is 5.98. The molecule has 0 fully saturated rings. The van der Waals surface area contributed by atoms with E-state index in [9.17, 15) is 10.1 Å². The fraction of sp³-hybridized carbons (Fsp3) is 0.333. The van der Waals surface area contributed by atoms with Gasteiger partial charge in [-0.15, -0.1) is 0 Å². The van der Waals surface area contributed by atoms with Crippen molar-refractivity contribution < 1.29 is 4.79 Å². The van der Waals surface area contributed by atoms with Crippen LogP contribution in [-0.4, -0.2) is 18.0 Å². The van der Waals surface area contributed by atoms with Gasteiger partial charge in [-0.3, -0.25) is 4.79 Å². The number of rotatable bonds is 4. The number of nitrogens with zero attached hydrogens (tertiary/aromatic N) is 2. The minimum absolute atomic E-state index is 0.0843. The minimum Gasteiger partial charge on any atom is -0.366 e. The number of halogens is 1. The number of carbonyl (C=O) groups excluding carboxylic acids is 1. The molecule has 29 heavy (non-hydrogen) atoms. The van der Waals surface area contributed by atoms with E-state index in [2.05, 4.69) is 66.0 Å².